The van der Waals surface area contributed by atoms with E-state index in [2.05, 4.69) is 33.0 Å². The van der Waals surface area contributed by atoms with Crippen molar-refractivity contribution in [2.75, 3.05) is 11.9 Å². The van der Waals surface area contributed by atoms with E-state index in [0.29, 0.717) is 18.2 Å². The molecule has 7 heteroatoms. The number of nitrogens with one attached hydrogen (secondary N) is 2. The summed E-state index contributed by atoms with van der Waals surface area (Å²) in [6.07, 6.45) is 3.36. The molecule has 2 aromatic heterocycles. The molecule has 1 saturated heterocycles. The summed E-state index contributed by atoms with van der Waals surface area (Å²) < 4.78 is 7.57. The van der Waals surface area contributed by atoms with Gasteiger partial charge in [0, 0.05) is 18.8 Å². The van der Waals surface area contributed by atoms with Gasteiger partial charge in [-0.2, -0.15) is 0 Å². The number of hydrogen-bond acceptors (Lipinski definition) is 4. The van der Waals surface area contributed by atoms with Gasteiger partial charge in [-0.15, -0.1) is 10.2 Å². The van der Waals surface area contributed by atoms with Crippen LogP contribution < -0.4 is 10.6 Å². The van der Waals surface area contributed by atoms with Crippen LogP contribution in [0, 0.1) is 0 Å². The second kappa shape index (κ2) is 6.90. The maximum atomic E-state index is 12.3. The Hall–Kier alpha value is -2.93. The smallest absolute Gasteiger partial charge is 0.321 e. The van der Waals surface area contributed by atoms with Crippen LogP contribution in [-0.2, 0) is 4.74 Å². The zero-order valence-corrected chi connectivity index (χ0v) is 13.6. The normalized spacial score (nSPS) is 20.3. The minimum absolute atomic E-state index is 0.00849. The Labute approximate surface area is 145 Å². The Balaban J connectivity index is 1.39. The van der Waals surface area contributed by atoms with Gasteiger partial charge < -0.3 is 10.1 Å². The summed E-state index contributed by atoms with van der Waals surface area (Å²) in [5.74, 6) is 0.403. The van der Waals surface area contributed by atoms with Gasteiger partial charge in [0.05, 0.1) is 6.10 Å². The monoisotopic (exact) mass is 337 g/mol. The average Bonchev–Trinajstić information content (AvgIpc) is 3.06. The number of carbonyl (C=O) groups is 1. The van der Waals surface area contributed by atoms with E-state index >= 15 is 0 Å². The van der Waals surface area contributed by atoms with Crippen molar-refractivity contribution >= 4 is 17.6 Å². The Morgan fingerprint density at radius 3 is 2.84 bits per heavy atom. The van der Waals surface area contributed by atoms with Crippen LogP contribution in [0.5, 0.6) is 0 Å². The lowest BCUT2D eigenvalue weighted by atomic mass is 9.97. The number of aromatic nitrogens is 3. The third kappa shape index (κ3) is 3.46. The topological polar surface area (TPSA) is 80.6 Å². The second-order valence-electron chi connectivity index (χ2n) is 6.04. The van der Waals surface area contributed by atoms with E-state index in [1.54, 1.807) is 4.40 Å². The Morgan fingerprint density at radius 1 is 1.12 bits per heavy atom. The van der Waals surface area contributed by atoms with Gasteiger partial charge in [-0.05, 0) is 30.5 Å². The van der Waals surface area contributed by atoms with Gasteiger partial charge in [-0.3, -0.25) is 9.72 Å². The molecule has 1 fully saturated rings. The Morgan fingerprint density at radius 2 is 1.96 bits per heavy atom. The SMILES string of the molecule is O=C(Nc1nnc2ccccn12)N[C@@H]1CCO[C@H](c2ccccc2)C1. The molecule has 2 N–H and O–H groups in total. The van der Waals surface area contributed by atoms with Gasteiger partial charge >= 0.3 is 6.03 Å². The molecule has 4 rings (SSSR count). The molecule has 0 unspecified atom stereocenters. The standard InChI is InChI=1S/C18H19N5O2/c24-18(20-17-22-21-16-8-4-5-10-23(16)17)19-14-9-11-25-15(12-14)13-6-2-1-3-7-13/h1-8,10,14-15H,9,11-12H2,(H2,19,20,22,24)/t14-,15+/m1/s1. The van der Waals surface area contributed by atoms with Gasteiger partial charge in [0.1, 0.15) is 0 Å². The fourth-order valence-corrected chi connectivity index (χ4v) is 3.08. The minimum Gasteiger partial charge on any atom is -0.373 e. The summed E-state index contributed by atoms with van der Waals surface area (Å²) in [7, 11) is 0. The summed E-state index contributed by atoms with van der Waals surface area (Å²) in [4.78, 5) is 12.3. The van der Waals surface area contributed by atoms with E-state index in [0.717, 1.165) is 18.4 Å². The van der Waals surface area contributed by atoms with Crippen LogP contribution in [0.2, 0.25) is 0 Å². The van der Waals surface area contributed by atoms with E-state index in [1.807, 2.05) is 42.6 Å². The van der Waals surface area contributed by atoms with Gasteiger partial charge in [0.25, 0.3) is 0 Å². The minimum atomic E-state index is -0.281. The molecule has 25 heavy (non-hydrogen) atoms. The molecule has 1 aliphatic rings. The van der Waals surface area contributed by atoms with Crippen LogP contribution in [0.25, 0.3) is 5.65 Å². The van der Waals surface area contributed by atoms with Crippen LogP contribution in [0.4, 0.5) is 10.7 Å². The fourth-order valence-electron chi connectivity index (χ4n) is 3.08. The van der Waals surface area contributed by atoms with E-state index in [-0.39, 0.29) is 18.2 Å². The van der Waals surface area contributed by atoms with Crippen molar-refractivity contribution in [2.24, 2.45) is 0 Å². The number of urea groups is 1. The summed E-state index contributed by atoms with van der Waals surface area (Å²) in [6, 6.07) is 15.4. The highest BCUT2D eigenvalue weighted by Gasteiger charge is 2.25. The lowest BCUT2D eigenvalue weighted by Crippen LogP contribution is -2.42. The third-order valence-electron chi connectivity index (χ3n) is 4.33. The molecule has 2 amide bonds. The predicted octanol–water partition coefficient (Wildman–Crippen LogP) is 2.77. The summed E-state index contributed by atoms with van der Waals surface area (Å²) in [5.41, 5.74) is 1.82. The predicted molar refractivity (Wildman–Crippen MR) is 93.3 cm³/mol. The third-order valence-corrected chi connectivity index (χ3v) is 4.33. The van der Waals surface area contributed by atoms with Crippen LogP contribution in [0.3, 0.4) is 0 Å². The summed E-state index contributed by atoms with van der Waals surface area (Å²) in [6.45, 7) is 0.623. The van der Waals surface area contributed by atoms with Crippen molar-refractivity contribution in [3.05, 3.63) is 60.3 Å². The van der Waals surface area contributed by atoms with Gasteiger partial charge in [-0.1, -0.05) is 36.4 Å². The largest absolute Gasteiger partial charge is 0.373 e. The number of benzene rings is 1. The highest BCUT2D eigenvalue weighted by Crippen LogP contribution is 2.27. The van der Waals surface area contributed by atoms with Crippen molar-refractivity contribution in [1.82, 2.24) is 19.9 Å². The zero-order chi connectivity index (χ0) is 17.1. The van der Waals surface area contributed by atoms with Crippen molar-refractivity contribution < 1.29 is 9.53 Å². The molecule has 0 radical (unpaired) electrons. The summed E-state index contributed by atoms with van der Waals surface area (Å²) >= 11 is 0. The Bertz CT molecular complexity index is 864. The average molecular weight is 337 g/mol. The zero-order valence-electron chi connectivity index (χ0n) is 13.6. The molecular formula is C18H19N5O2. The first kappa shape index (κ1) is 15.6. The molecular weight excluding hydrogens is 318 g/mol. The maximum Gasteiger partial charge on any atom is 0.321 e. The van der Waals surface area contributed by atoms with E-state index < -0.39 is 0 Å². The molecule has 0 aliphatic carbocycles. The number of amides is 2. The van der Waals surface area contributed by atoms with Crippen LogP contribution in [-0.4, -0.2) is 33.3 Å². The molecule has 2 atom stereocenters. The number of pyridine rings is 1. The molecule has 1 aliphatic heterocycles. The van der Waals surface area contributed by atoms with Crippen LogP contribution in [0.1, 0.15) is 24.5 Å². The van der Waals surface area contributed by atoms with Crippen LogP contribution in [0.15, 0.2) is 54.7 Å². The van der Waals surface area contributed by atoms with Crippen molar-refractivity contribution in [1.29, 1.82) is 0 Å². The number of fused-ring (bicyclic) bond motifs is 1. The van der Waals surface area contributed by atoms with Gasteiger partial charge in [0.2, 0.25) is 5.95 Å². The first-order chi connectivity index (χ1) is 12.3. The van der Waals surface area contributed by atoms with E-state index in [1.165, 1.54) is 0 Å². The number of hydrogen-bond donors (Lipinski definition) is 2. The molecule has 128 valence electrons. The highest BCUT2D eigenvalue weighted by molar-refractivity contribution is 5.88. The van der Waals surface area contributed by atoms with E-state index in [9.17, 15) is 4.79 Å². The van der Waals surface area contributed by atoms with Crippen molar-refractivity contribution in [3.63, 3.8) is 0 Å². The van der Waals surface area contributed by atoms with Gasteiger partial charge in [-0.25, -0.2) is 4.79 Å². The lowest BCUT2D eigenvalue weighted by Gasteiger charge is -2.30. The maximum absolute atomic E-state index is 12.3. The number of ether oxygens (including phenoxy) is 1. The molecule has 3 heterocycles. The number of nitrogens with zero attached hydrogens (tertiary/aromatic N) is 3. The number of anilines is 1. The lowest BCUT2D eigenvalue weighted by molar-refractivity contribution is 0.00253. The second-order valence-corrected chi connectivity index (χ2v) is 6.04. The molecule has 7 nitrogen and oxygen atoms in total. The number of rotatable bonds is 3. The summed E-state index contributed by atoms with van der Waals surface area (Å²) in [5, 5.41) is 13.8. The van der Waals surface area contributed by atoms with Crippen LogP contribution >= 0.6 is 0 Å². The van der Waals surface area contributed by atoms with Gasteiger partial charge in [0.15, 0.2) is 5.65 Å². The Kier molecular flexibility index (Phi) is 4.30. The number of carbonyl (C=O) groups excluding carboxylic acids is 1. The highest BCUT2D eigenvalue weighted by atomic mass is 16.5. The van der Waals surface area contributed by atoms with Crippen molar-refractivity contribution in [2.45, 2.75) is 25.0 Å². The molecule has 0 bridgehead atoms. The first-order valence-electron chi connectivity index (χ1n) is 8.33. The fraction of sp³-hybridized carbons (Fsp3) is 0.278. The first-order valence-corrected chi connectivity index (χ1v) is 8.33. The van der Waals surface area contributed by atoms with Crippen molar-refractivity contribution in [3.8, 4) is 0 Å². The van der Waals surface area contributed by atoms with E-state index in [4.69, 9.17) is 4.74 Å². The molecule has 1 aromatic carbocycles. The molecule has 3 aromatic rings. The molecule has 0 spiro atoms. The molecule has 0 saturated carbocycles. The quantitative estimate of drug-likeness (QED) is 0.770.